The zero-order valence-electron chi connectivity index (χ0n) is 5.35. The molecule has 0 amide bonds. The zero-order chi connectivity index (χ0) is 6.24. The Morgan fingerprint density at radius 2 is 2.38 bits per heavy atom. The van der Waals surface area contributed by atoms with E-state index in [1.54, 1.807) is 0 Å². The minimum absolute atomic E-state index is 0.606. The Labute approximate surface area is 55.8 Å². The summed E-state index contributed by atoms with van der Waals surface area (Å²) in [5.74, 6) is 1.19. The van der Waals surface area contributed by atoms with E-state index in [0.717, 1.165) is 13.0 Å². The SMILES string of the molecule is [CH2]COCCCSC. The van der Waals surface area contributed by atoms with Crippen LogP contribution in [0.4, 0.5) is 0 Å². The molecule has 8 heavy (non-hydrogen) atoms. The fraction of sp³-hybridized carbons (Fsp3) is 0.833. The number of hydrogen-bond donors (Lipinski definition) is 0. The summed E-state index contributed by atoms with van der Waals surface area (Å²) in [5, 5.41) is 0. The lowest BCUT2D eigenvalue weighted by Crippen LogP contribution is -1.93. The van der Waals surface area contributed by atoms with Crippen molar-refractivity contribution in [2.24, 2.45) is 0 Å². The van der Waals surface area contributed by atoms with Crippen molar-refractivity contribution < 1.29 is 4.74 Å². The maximum absolute atomic E-state index is 5.01. The Hall–Kier alpha value is 0.310. The highest BCUT2D eigenvalue weighted by Crippen LogP contribution is 1.94. The molecule has 0 saturated carbocycles. The first-order valence-electron chi connectivity index (χ1n) is 2.77. The van der Waals surface area contributed by atoms with Gasteiger partial charge < -0.3 is 4.74 Å². The van der Waals surface area contributed by atoms with E-state index in [4.69, 9.17) is 4.74 Å². The van der Waals surface area contributed by atoms with Crippen LogP contribution < -0.4 is 0 Å². The van der Waals surface area contributed by atoms with Gasteiger partial charge in [-0.15, -0.1) is 0 Å². The molecule has 49 valence electrons. The van der Waals surface area contributed by atoms with Crippen molar-refractivity contribution in [1.82, 2.24) is 0 Å². The van der Waals surface area contributed by atoms with Gasteiger partial charge in [0.15, 0.2) is 0 Å². The van der Waals surface area contributed by atoms with Crippen LogP contribution in [-0.4, -0.2) is 25.2 Å². The van der Waals surface area contributed by atoms with Gasteiger partial charge in [0, 0.05) is 13.2 Å². The van der Waals surface area contributed by atoms with Crippen LogP contribution in [0, 0.1) is 6.92 Å². The smallest absolute Gasteiger partial charge is 0.0473 e. The lowest BCUT2D eigenvalue weighted by Gasteiger charge is -1.96. The van der Waals surface area contributed by atoms with Crippen LogP contribution in [0.5, 0.6) is 0 Å². The molecule has 0 aromatic carbocycles. The monoisotopic (exact) mass is 133 g/mol. The topological polar surface area (TPSA) is 9.23 Å². The Bertz CT molecular complexity index is 33.5. The van der Waals surface area contributed by atoms with Crippen molar-refractivity contribution in [2.75, 3.05) is 25.2 Å². The second kappa shape index (κ2) is 7.31. The molecule has 0 atom stereocenters. The van der Waals surface area contributed by atoms with Gasteiger partial charge in [-0.2, -0.15) is 11.8 Å². The van der Waals surface area contributed by atoms with Crippen molar-refractivity contribution >= 4 is 11.8 Å². The van der Waals surface area contributed by atoms with Crippen LogP contribution in [0.3, 0.4) is 0 Å². The summed E-state index contributed by atoms with van der Waals surface area (Å²) in [7, 11) is 0. The third kappa shape index (κ3) is 6.31. The van der Waals surface area contributed by atoms with Gasteiger partial charge >= 0.3 is 0 Å². The van der Waals surface area contributed by atoms with Crippen LogP contribution in [0.2, 0.25) is 0 Å². The molecule has 0 aromatic heterocycles. The van der Waals surface area contributed by atoms with Crippen LogP contribution in [-0.2, 0) is 4.74 Å². The summed E-state index contributed by atoms with van der Waals surface area (Å²) in [6.45, 7) is 5.03. The molecular formula is C6H13OS. The molecule has 0 bridgehead atoms. The minimum atomic E-state index is 0.606. The van der Waals surface area contributed by atoms with Crippen molar-refractivity contribution in [3.8, 4) is 0 Å². The Balaban J connectivity index is 2.53. The fourth-order valence-electron chi connectivity index (χ4n) is 0.407. The number of ether oxygens (including phenoxy) is 1. The largest absolute Gasteiger partial charge is 0.381 e. The molecule has 0 N–H and O–H groups in total. The molecule has 0 saturated heterocycles. The molecule has 0 aliphatic heterocycles. The third-order valence-corrected chi connectivity index (χ3v) is 1.48. The quantitative estimate of drug-likeness (QED) is 0.527. The van der Waals surface area contributed by atoms with E-state index in [2.05, 4.69) is 13.2 Å². The van der Waals surface area contributed by atoms with Gasteiger partial charge in [-0.3, -0.25) is 0 Å². The first kappa shape index (κ1) is 8.31. The number of thioether (sulfide) groups is 1. The first-order valence-corrected chi connectivity index (χ1v) is 4.17. The van der Waals surface area contributed by atoms with Gasteiger partial charge in [-0.1, -0.05) is 0 Å². The molecule has 0 aliphatic carbocycles. The van der Waals surface area contributed by atoms with E-state index >= 15 is 0 Å². The Morgan fingerprint density at radius 3 is 2.88 bits per heavy atom. The van der Waals surface area contributed by atoms with Gasteiger partial charge in [0.05, 0.1) is 0 Å². The van der Waals surface area contributed by atoms with Crippen LogP contribution in [0.25, 0.3) is 0 Å². The van der Waals surface area contributed by atoms with Crippen LogP contribution in [0.1, 0.15) is 6.42 Å². The van der Waals surface area contributed by atoms with E-state index in [1.165, 1.54) is 5.75 Å². The molecule has 0 aromatic rings. The lowest BCUT2D eigenvalue weighted by molar-refractivity contribution is 0.162. The maximum atomic E-state index is 5.01. The van der Waals surface area contributed by atoms with E-state index in [1.807, 2.05) is 11.8 Å². The van der Waals surface area contributed by atoms with E-state index in [-0.39, 0.29) is 0 Å². The summed E-state index contributed by atoms with van der Waals surface area (Å²) in [5.41, 5.74) is 0. The fourth-order valence-corrected chi connectivity index (χ4v) is 0.814. The first-order chi connectivity index (χ1) is 3.91. The summed E-state index contributed by atoms with van der Waals surface area (Å²) < 4.78 is 5.01. The molecule has 2 heteroatoms. The molecule has 0 spiro atoms. The molecule has 0 aliphatic rings. The van der Waals surface area contributed by atoms with E-state index in [9.17, 15) is 0 Å². The second-order valence-electron chi connectivity index (χ2n) is 1.46. The summed E-state index contributed by atoms with van der Waals surface area (Å²) in [4.78, 5) is 0. The van der Waals surface area contributed by atoms with Crippen LogP contribution in [0.15, 0.2) is 0 Å². The van der Waals surface area contributed by atoms with Gasteiger partial charge in [0.25, 0.3) is 0 Å². The standard InChI is InChI=1S/C6H13OS/c1-3-7-5-4-6-8-2/h1,3-6H2,2H3. The molecule has 0 fully saturated rings. The van der Waals surface area contributed by atoms with Crippen molar-refractivity contribution in [3.05, 3.63) is 6.92 Å². The highest BCUT2D eigenvalue weighted by Gasteiger charge is 1.82. The summed E-state index contributed by atoms with van der Waals surface area (Å²) >= 11 is 1.85. The predicted octanol–water partition coefficient (Wildman–Crippen LogP) is 1.59. The highest BCUT2D eigenvalue weighted by molar-refractivity contribution is 7.98. The number of rotatable bonds is 5. The molecule has 0 unspecified atom stereocenters. The second-order valence-corrected chi connectivity index (χ2v) is 2.44. The lowest BCUT2D eigenvalue weighted by atomic mass is 10.5. The van der Waals surface area contributed by atoms with Crippen LogP contribution >= 0.6 is 11.8 Å². The van der Waals surface area contributed by atoms with Crippen molar-refractivity contribution in [2.45, 2.75) is 6.42 Å². The minimum Gasteiger partial charge on any atom is -0.381 e. The maximum Gasteiger partial charge on any atom is 0.0473 e. The van der Waals surface area contributed by atoms with E-state index < -0.39 is 0 Å². The van der Waals surface area contributed by atoms with E-state index in [0.29, 0.717) is 6.61 Å². The Kier molecular flexibility index (Phi) is 7.59. The molecule has 1 nitrogen and oxygen atoms in total. The molecular weight excluding hydrogens is 120 g/mol. The number of hydrogen-bond acceptors (Lipinski definition) is 2. The van der Waals surface area contributed by atoms with Gasteiger partial charge in [-0.05, 0) is 25.4 Å². The average Bonchev–Trinajstić information content (AvgIpc) is 1.81. The van der Waals surface area contributed by atoms with Gasteiger partial charge in [0.2, 0.25) is 0 Å². The van der Waals surface area contributed by atoms with Gasteiger partial charge in [-0.25, -0.2) is 0 Å². The van der Waals surface area contributed by atoms with Crippen molar-refractivity contribution in [3.63, 3.8) is 0 Å². The Morgan fingerprint density at radius 1 is 1.62 bits per heavy atom. The molecule has 1 radical (unpaired) electrons. The van der Waals surface area contributed by atoms with Crippen molar-refractivity contribution in [1.29, 1.82) is 0 Å². The highest BCUT2D eigenvalue weighted by atomic mass is 32.2. The summed E-state index contributed by atoms with van der Waals surface area (Å²) in [6.07, 6.45) is 3.25. The average molecular weight is 133 g/mol. The zero-order valence-corrected chi connectivity index (χ0v) is 6.17. The molecule has 0 heterocycles. The van der Waals surface area contributed by atoms with Gasteiger partial charge in [0.1, 0.15) is 0 Å². The normalized spacial score (nSPS) is 9.75. The molecule has 0 rings (SSSR count). The third-order valence-electron chi connectivity index (χ3n) is 0.781. The predicted molar refractivity (Wildman–Crippen MR) is 39.2 cm³/mol. The summed E-state index contributed by atoms with van der Waals surface area (Å²) in [6, 6.07) is 0.